The summed E-state index contributed by atoms with van der Waals surface area (Å²) < 4.78 is 0. The molecule has 0 aliphatic rings. The lowest BCUT2D eigenvalue weighted by atomic mass is 10.0. The molecule has 0 aromatic rings. The fourth-order valence-electron chi connectivity index (χ4n) is 0. The third kappa shape index (κ3) is 352. The quantitative estimate of drug-likeness (QED) is 0.277. The molecular weight excluding hydrogens is 116 g/mol. The van der Waals surface area contributed by atoms with Crippen LogP contribution < -0.4 is 11.3 Å². The smallest absolute Gasteiger partial charge is 0.105 e. The lowest BCUT2D eigenvalue weighted by Gasteiger charge is -2.05. The van der Waals surface area contributed by atoms with Crippen LogP contribution >= 0.6 is 0 Å². The van der Waals surface area contributed by atoms with Gasteiger partial charge >= 0.3 is 0 Å². The first kappa shape index (κ1) is 11.6. The predicted octanol–water partition coefficient (Wildman–Crippen LogP) is 0.452. The number of hydrogen-bond donors (Lipinski definition) is 3. The molecule has 0 aromatic carbocycles. The van der Waals surface area contributed by atoms with Gasteiger partial charge in [-0.1, -0.05) is 27.7 Å². The van der Waals surface area contributed by atoms with Gasteiger partial charge in [-0.3, -0.25) is 5.84 Å². The third-order valence-corrected chi connectivity index (χ3v) is 0.0913. The van der Waals surface area contributed by atoms with E-state index in [-0.39, 0.29) is 6.73 Å². The number of nitrogens with two attached hydrogens (primary N) is 1. The summed E-state index contributed by atoms with van der Waals surface area (Å²) in [7, 11) is 0. The summed E-state index contributed by atoms with van der Waals surface area (Å²) in [6.45, 7) is 8.60. The van der Waals surface area contributed by atoms with Crippen LogP contribution in [0, 0.1) is 5.41 Å². The molecule has 3 nitrogen and oxygen atoms in total. The molecule has 0 atom stereocenters. The van der Waals surface area contributed by atoms with Crippen molar-refractivity contribution in [3.05, 3.63) is 0 Å². The van der Waals surface area contributed by atoms with Gasteiger partial charge in [0, 0.05) is 0 Å². The third-order valence-electron chi connectivity index (χ3n) is 0.0913. The standard InChI is InChI=1S/C5H12.CH6N2O/c1-5(2,3)4;2-3-1-4/h1-4H3;3-4H,1-2H2. The summed E-state index contributed by atoms with van der Waals surface area (Å²) in [6.07, 6.45) is 0. The van der Waals surface area contributed by atoms with Gasteiger partial charge < -0.3 is 5.11 Å². The molecule has 0 saturated carbocycles. The maximum atomic E-state index is 7.64. The zero-order chi connectivity index (χ0) is 7.91. The van der Waals surface area contributed by atoms with Crippen molar-refractivity contribution in [2.24, 2.45) is 11.3 Å². The molecular formula is C6H18N2O. The van der Waals surface area contributed by atoms with Gasteiger partial charge in [0.05, 0.1) is 0 Å². The number of nitrogens with one attached hydrogen (secondary N) is 1. The van der Waals surface area contributed by atoms with E-state index in [1.165, 1.54) is 0 Å². The van der Waals surface area contributed by atoms with Gasteiger partial charge in [0.2, 0.25) is 0 Å². The average Bonchev–Trinajstić information content (AvgIpc) is 1.61. The zero-order valence-electron chi connectivity index (χ0n) is 6.73. The van der Waals surface area contributed by atoms with Gasteiger partial charge in [0.25, 0.3) is 0 Å². The largest absolute Gasteiger partial charge is 0.380 e. The summed E-state index contributed by atoms with van der Waals surface area (Å²) >= 11 is 0. The molecule has 0 amide bonds. The zero-order valence-corrected chi connectivity index (χ0v) is 6.73. The first-order chi connectivity index (χ1) is 3.91. The van der Waals surface area contributed by atoms with E-state index in [9.17, 15) is 0 Å². The molecule has 0 unspecified atom stereocenters. The van der Waals surface area contributed by atoms with E-state index in [0.29, 0.717) is 5.41 Å². The van der Waals surface area contributed by atoms with Crippen molar-refractivity contribution in [3.8, 4) is 0 Å². The highest BCUT2D eigenvalue weighted by Crippen LogP contribution is 2.07. The van der Waals surface area contributed by atoms with Crippen molar-refractivity contribution in [3.63, 3.8) is 0 Å². The Kier molecular flexibility index (Phi) is 7.77. The van der Waals surface area contributed by atoms with Gasteiger partial charge in [-0.2, -0.15) is 0 Å². The second-order valence-electron chi connectivity index (χ2n) is 3.36. The molecule has 0 fully saturated rings. The SMILES string of the molecule is CC(C)(C)C.NNCO. The van der Waals surface area contributed by atoms with E-state index in [2.05, 4.69) is 33.5 Å². The first-order valence-electron chi connectivity index (χ1n) is 2.96. The fourth-order valence-corrected chi connectivity index (χ4v) is 0. The Morgan fingerprint density at radius 3 is 1.44 bits per heavy atom. The number of hydrazine groups is 1. The Morgan fingerprint density at radius 2 is 1.44 bits per heavy atom. The summed E-state index contributed by atoms with van der Waals surface area (Å²) in [5.74, 6) is 4.53. The van der Waals surface area contributed by atoms with Crippen LogP contribution in [0.25, 0.3) is 0 Å². The van der Waals surface area contributed by atoms with Crippen molar-refractivity contribution >= 4 is 0 Å². The van der Waals surface area contributed by atoms with Crippen LogP contribution in [0.2, 0.25) is 0 Å². The maximum absolute atomic E-state index is 7.64. The van der Waals surface area contributed by atoms with E-state index < -0.39 is 0 Å². The van der Waals surface area contributed by atoms with E-state index in [1.807, 2.05) is 5.43 Å². The van der Waals surface area contributed by atoms with E-state index >= 15 is 0 Å². The number of aliphatic hydroxyl groups excluding tert-OH is 1. The van der Waals surface area contributed by atoms with Crippen molar-refractivity contribution in [2.45, 2.75) is 27.7 Å². The van der Waals surface area contributed by atoms with Crippen LogP contribution in [-0.2, 0) is 0 Å². The predicted molar refractivity (Wildman–Crippen MR) is 39.5 cm³/mol. The highest BCUT2D eigenvalue weighted by molar-refractivity contribution is 4.47. The molecule has 4 N–H and O–H groups in total. The molecule has 9 heavy (non-hydrogen) atoms. The van der Waals surface area contributed by atoms with Gasteiger partial charge in [-0.25, -0.2) is 5.43 Å². The van der Waals surface area contributed by atoms with Crippen molar-refractivity contribution in [1.29, 1.82) is 0 Å². The van der Waals surface area contributed by atoms with E-state index in [1.54, 1.807) is 0 Å². The Labute approximate surface area is 57.2 Å². The molecule has 0 radical (unpaired) electrons. The van der Waals surface area contributed by atoms with Crippen LogP contribution in [0.4, 0.5) is 0 Å². The average molecular weight is 134 g/mol. The van der Waals surface area contributed by atoms with Gasteiger partial charge in [-0.15, -0.1) is 0 Å². The summed E-state index contributed by atoms with van der Waals surface area (Å²) in [4.78, 5) is 0. The fraction of sp³-hybridized carbons (Fsp3) is 1.00. The molecule has 0 rings (SSSR count). The highest BCUT2D eigenvalue weighted by Gasteiger charge is 1.95. The Morgan fingerprint density at radius 1 is 1.33 bits per heavy atom. The molecule has 0 saturated heterocycles. The van der Waals surface area contributed by atoms with Crippen LogP contribution in [0.15, 0.2) is 0 Å². The molecule has 3 heteroatoms. The minimum atomic E-state index is -0.153. The topological polar surface area (TPSA) is 58.3 Å². The molecule has 0 bridgehead atoms. The minimum Gasteiger partial charge on any atom is -0.380 e. The minimum absolute atomic E-state index is 0.153. The van der Waals surface area contributed by atoms with E-state index in [0.717, 1.165) is 0 Å². The molecule has 0 aliphatic carbocycles. The normalized spacial score (nSPS) is 10.0. The summed E-state index contributed by atoms with van der Waals surface area (Å²) in [5.41, 5.74) is 2.49. The number of hydrogen-bond acceptors (Lipinski definition) is 3. The highest BCUT2D eigenvalue weighted by atomic mass is 16.3. The molecule has 0 spiro atoms. The summed E-state index contributed by atoms with van der Waals surface area (Å²) in [6, 6.07) is 0. The lowest BCUT2D eigenvalue weighted by molar-refractivity contribution is 0.263. The monoisotopic (exact) mass is 134 g/mol. The number of rotatable bonds is 1. The Balaban J connectivity index is 0. The second kappa shape index (κ2) is 6.01. The Hall–Kier alpha value is -0.120. The van der Waals surface area contributed by atoms with Crippen LogP contribution in [0.3, 0.4) is 0 Å². The Bertz CT molecular complexity index is 41.5. The van der Waals surface area contributed by atoms with Gasteiger partial charge in [0.15, 0.2) is 0 Å². The molecule has 0 aromatic heterocycles. The molecule has 0 aliphatic heterocycles. The van der Waals surface area contributed by atoms with Gasteiger partial charge in [0.1, 0.15) is 6.73 Å². The first-order valence-corrected chi connectivity index (χ1v) is 2.96. The van der Waals surface area contributed by atoms with Crippen LogP contribution in [0.5, 0.6) is 0 Å². The number of aliphatic hydroxyl groups is 1. The van der Waals surface area contributed by atoms with Gasteiger partial charge in [-0.05, 0) is 5.41 Å². The summed E-state index contributed by atoms with van der Waals surface area (Å²) in [5, 5.41) is 7.64. The molecule has 58 valence electrons. The van der Waals surface area contributed by atoms with Crippen LogP contribution in [0.1, 0.15) is 27.7 Å². The second-order valence-corrected chi connectivity index (χ2v) is 3.36. The molecule has 0 heterocycles. The van der Waals surface area contributed by atoms with E-state index in [4.69, 9.17) is 5.11 Å². The van der Waals surface area contributed by atoms with Crippen molar-refractivity contribution < 1.29 is 5.11 Å². The lowest BCUT2D eigenvalue weighted by Crippen LogP contribution is -2.21. The van der Waals surface area contributed by atoms with Crippen LogP contribution in [-0.4, -0.2) is 11.8 Å². The van der Waals surface area contributed by atoms with Crippen molar-refractivity contribution in [2.75, 3.05) is 6.73 Å². The maximum Gasteiger partial charge on any atom is 0.105 e. The van der Waals surface area contributed by atoms with Crippen molar-refractivity contribution in [1.82, 2.24) is 5.43 Å².